The molecule has 0 unspecified atom stereocenters. The number of benzene rings is 1. The monoisotopic (exact) mass is 391 g/mol. The van der Waals surface area contributed by atoms with Crippen molar-refractivity contribution in [2.45, 2.75) is 25.2 Å². The van der Waals surface area contributed by atoms with Gasteiger partial charge >= 0.3 is 0 Å². The van der Waals surface area contributed by atoms with Crippen LogP contribution in [0.3, 0.4) is 0 Å². The zero-order valence-electron chi connectivity index (χ0n) is 14.2. The molecule has 26 heavy (non-hydrogen) atoms. The Balaban J connectivity index is 1.91. The van der Waals surface area contributed by atoms with E-state index in [0.29, 0.717) is 22.5 Å². The number of imidazole rings is 1. The second kappa shape index (κ2) is 7.00. The van der Waals surface area contributed by atoms with Gasteiger partial charge in [-0.1, -0.05) is 12.1 Å². The van der Waals surface area contributed by atoms with Gasteiger partial charge in [-0.25, -0.2) is 13.4 Å². The predicted octanol–water partition coefficient (Wildman–Crippen LogP) is 2.02. The van der Waals surface area contributed by atoms with Crippen LogP contribution in [0.15, 0.2) is 41.6 Å². The molecule has 1 aromatic carbocycles. The minimum absolute atomic E-state index is 0.122. The third-order valence-corrected chi connectivity index (χ3v) is 5.80. The highest BCUT2D eigenvalue weighted by atomic mass is 32.2. The lowest BCUT2D eigenvalue weighted by Crippen LogP contribution is -2.18. The van der Waals surface area contributed by atoms with Crippen molar-refractivity contribution in [3.05, 3.63) is 46.2 Å². The number of carbonyl (C=O) groups excluding carboxylic acids is 2. The highest BCUT2D eigenvalue weighted by Gasteiger charge is 2.22. The van der Waals surface area contributed by atoms with Gasteiger partial charge in [0.05, 0.1) is 29.0 Å². The summed E-state index contributed by atoms with van der Waals surface area (Å²) in [6.07, 6.45) is 1.08. The molecule has 0 bridgehead atoms. The normalized spacial score (nSPS) is 11.6. The van der Waals surface area contributed by atoms with Crippen LogP contribution in [-0.2, 0) is 27.7 Å². The maximum atomic E-state index is 12.7. The standard InChI is InChI=1S/C17H17N3O4S2/c1-11(21)18-9-12-7-8-16(25-12)15(22)10-20-14-6-4-3-5-13(14)19-17(20)26(2,23)24/h3-8H,9-10H2,1-2H3,(H,18,21). The van der Waals surface area contributed by atoms with Crippen LogP contribution in [0.5, 0.6) is 0 Å². The van der Waals surface area contributed by atoms with E-state index in [1.807, 2.05) is 0 Å². The van der Waals surface area contributed by atoms with Crippen LogP contribution in [0, 0.1) is 0 Å². The summed E-state index contributed by atoms with van der Waals surface area (Å²) in [6, 6.07) is 10.4. The van der Waals surface area contributed by atoms with Crippen molar-refractivity contribution in [2.75, 3.05) is 6.26 Å². The van der Waals surface area contributed by atoms with Crippen molar-refractivity contribution in [1.82, 2.24) is 14.9 Å². The van der Waals surface area contributed by atoms with Gasteiger partial charge in [-0.15, -0.1) is 11.3 Å². The molecule has 0 aliphatic carbocycles. The zero-order chi connectivity index (χ0) is 18.9. The van der Waals surface area contributed by atoms with E-state index in [1.54, 1.807) is 36.4 Å². The summed E-state index contributed by atoms with van der Waals surface area (Å²) >= 11 is 1.28. The van der Waals surface area contributed by atoms with Gasteiger partial charge in [-0.05, 0) is 24.3 Å². The molecule has 136 valence electrons. The van der Waals surface area contributed by atoms with E-state index in [1.165, 1.54) is 22.8 Å². The van der Waals surface area contributed by atoms with Crippen molar-refractivity contribution < 1.29 is 18.0 Å². The third-order valence-electron chi connectivity index (χ3n) is 3.70. The first kappa shape index (κ1) is 18.3. The summed E-state index contributed by atoms with van der Waals surface area (Å²) < 4.78 is 25.6. The molecule has 2 aromatic heterocycles. The van der Waals surface area contributed by atoms with Crippen molar-refractivity contribution in [1.29, 1.82) is 0 Å². The van der Waals surface area contributed by atoms with Gasteiger partial charge < -0.3 is 9.88 Å². The Labute approximate surface area is 154 Å². The van der Waals surface area contributed by atoms with Gasteiger partial charge in [0.2, 0.25) is 20.9 Å². The molecule has 0 atom stereocenters. The number of aromatic nitrogens is 2. The summed E-state index contributed by atoms with van der Waals surface area (Å²) in [5, 5.41) is 2.56. The molecule has 9 heteroatoms. The van der Waals surface area contributed by atoms with E-state index in [-0.39, 0.29) is 23.4 Å². The maximum Gasteiger partial charge on any atom is 0.228 e. The van der Waals surface area contributed by atoms with Crippen LogP contribution in [0.1, 0.15) is 21.5 Å². The van der Waals surface area contributed by atoms with Crippen LogP contribution >= 0.6 is 11.3 Å². The van der Waals surface area contributed by atoms with E-state index in [4.69, 9.17) is 0 Å². The number of carbonyl (C=O) groups is 2. The Bertz CT molecular complexity index is 1100. The molecule has 1 amide bonds. The molecule has 3 aromatic rings. The highest BCUT2D eigenvalue weighted by Crippen LogP contribution is 2.22. The third kappa shape index (κ3) is 3.83. The maximum absolute atomic E-state index is 12.7. The topological polar surface area (TPSA) is 98.1 Å². The summed E-state index contributed by atoms with van der Waals surface area (Å²) in [5.74, 6) is -0.355. The summed E-state index contributed by atoms with van der Waals surface area (Å²) in [4.78, 5) is 29.2. The molecule has 0 aliphatic rings. The number of ketones is 1. The Morgan fingerprint density at radius 3 is 2.62 bits per heavy atom. The van der Waals surface area contributed by atoms with Gasteiger partial charge in [-0.3, -0.25) is 9.59 Å². The van der Waals surface area contributed by atoms with Crippen LogP contribution in [0.4, 0.5) is 0 Å². The van der Waals surface area contributed by atoms with Crippen molar-refractivity contribution in [3.8, 4) is 0 Å². The average Bonchev–Trinajstić information content (AvgIpc) is 3.18. The number of Topliss-reactive ketones (excluding diaryl/α,β-unsaturated/α-hetero) is 1. The molecule has 0 saturated heterocycles. The number of sulfone groups is 1. The van der Waals surface area contributed by atoms with Crippen LogP contribution in [-0.4, -0.2) is 35.9 Å². The molecule has 3 rings (SSSR count). The van der Waals surface area contributed by atoms with E-state index < -0.39 is 9.84 Å². The number of hydrogen-bond acceptors (Lipinski definition) is 6. The summed E-state index contributed by atoms with van der Waals surface area (Å²) in [7, 11) is -3.58. The Hall–Kier alpha value is -2.52. The lowest BCUT2D eigenvalue weighted by molar-refractivity contribution is -0.119. The Kier molecular flexibility index (Phi) is 4.92. The van der Waals surface area contributed by atoms with Gasteiger partial charge in [0.15, 0.2) is 5.78 Å². The number of nitrogens with zero attached hydrogens (tertiary/aromatic N) is 2. The van der Waals surface area contributed by atoms with Gasteiger partial charge in [0.1, 0.15) is 0 Å². The first-order valence-corrected chi connectivity index (χ1v) is 10.5. The number of thiophene rings is 1. The second-order valence-electron chi connectivity index (χ2n) is 5.84. The number of amides is 1. The molecule has 0 saturated carbocycles. The van der Waals surface area contributed by atoms with Crippen molar-refractivity contribution in [3.63, 3.8) is 0 Å². The largest absolute Gasteiger partial charge is 0.351 e. The fourth-order valence-electron chi connectivity index (χ4n) is 2.55. The minimum atomic E-state index is -3.58. The quantitative estimate of drug-likeness (QED) is 0.648. The smallest absolute Gasteiger partial charge is 0.228 e. The molecule has 1 N–H and O–H groups in total. The SMILES string of the molecule is CC(=O)NCc1ccc(C(=O)Cn2c(S(C)(=O)=O)nc3ccccc32)s1. The number of para-hydroxylation sites is 2. The van der Waals surface area contributed by atoms with E-state index in [2.05, 4.69) is 10.3 Å². The Morgan fingerprint density at radius 1 is 1.19 bits per heavy atom. The highest BCUT2D eigenvalue weighted by molar-refractivity contribution is 7.90. The molecular formula is C17H17N3O4S2. The fraction of sp³-hybridized carbons (Fsp3) is 0.235. The predicted molar refractivity (Wildman–Crippen MR) is 99.0 cm³/mol. The van der Waals surface area contributed by atoms with E-state index >= 15 is 0 Å². The average molecular weight is 391 g/mol. The minimum Gasteiger partial charge on any atom is -0.351 e. The van der Waals surface area contributed by atoms with E-state index in [9.17, 15) is 18.0 Å². The first-order valence-electron chi connectivity index (χ1n) is 7.77. The zero-order valence-corrected chi connectivity index (χ0v) is 15.9. The van der Waals surface area contributed by atoms with Crippen molar-refractivity contribution >= 4 is 43.9 Å². The van der Waals surface area contributed by atoms with Gasteiger partial charge in [0.25, 0.3) is 0 Å². The van der Waals surface area contributed by atoms with Crippen LogP contribution < -0.4 is 5.32 Å². The molecule has 7 nitrogen and oxygen atoms in total. The molecule has 2 heterocycles. The Morgan fingerprint density at radius 2 is 1.92 bits per heavy atom. The molecule has 0 aliphatic heterocycles. The lowest BCUT2D eigenvalue weighted by atomic mass is 10.3. The van der Waals surface area contributed by atoms with Crippen LogP contribution in [0.2, 0.25) is 0 Å². The lowest BCUT2D eigenvalue weighted by Gasteiger charge is -2.06. The molecule has 0 spiro atoms. The number of fused-ring (bicyclic) bond motifs is 1. The van der Waals surface area contributed by atoms with Gasteiger partial charge in [-0.2, -0.15) is 0 Å². The van der Waals surface area contributed by atoms with E-state index in [0.717, 1.165) is 11.1 Å². The summed E-state index contributed by atoms with van der Waals surface area (Å²) in [6.45, 7) is 1.66. The molecule has 0 fully saturated rings. The van der Waals surface area contributed by atoms with Crippen molar-refractivity contribution in [2.24, 2.45) is 0 Å². The summed E-state index contributed by atoms with van der Waals surface area (Å²) in [5.41, 5.74) is 1.12. The molecule has 0 radical (unpaired) electrons. The molecular weight excluding hydrogens is 374 g/mol. The second-order valence-corrected chi connectivity index (χ2v) is 8.92. The first-order chi connectivity index (χ1) is 12.3. The number of hydrogen-bond donors (Lipinski definition) is 1. The van der Waals surface area contributed by atoms with Gasteiger partial charge in [0, 0.05) is 18.1 Å². The van der Waals surface area contributed by atoms with Crippen LogP contribution in [0.25, 0.3) is 11.0 Å². The number of rotatable bonds is 6. The fourth-order valence-corrected chi connectivity index (χ4v) is 4.25. The number of nitrogens with one attached hydrogen (secondary N) is 1.